The van der Waals surface area contributed by atoms with Gasteiger partial charge >= 0.3 is 0 Å². The Hall–Kier alpha value is -4.27. The highest BCUT2D eigenvalue weighted by Gasteiger charge is 2.11. The van der Waals surface area contributed by atoms with Crippen LogP contribution in [0.15, 0.2) is 59.7 Å². The number of benzene rings is 2. The van der Waals surface area contributed by atoms with E-state index < -0.39 is 0 Å². The predicted octanol–water partition coefficient (Wildman–Crippen LogP) is 4.48. The number of nitrogens with zero attached hydrogens (tertiary/aromatic N) is 3. The number of anilines is 1. The molecule has 0 saturated carbocycles. The minimum Gasteiger partial charge on any atom is -0.484 e. The lowest BCUT2D eigenvalue weighted by atomic mass is 10.1. The van der Waals surface area contributed by atoms with E-state index in [1.54, 1.807) is 6.07 Å². The first-order valence-corrected chi connectivity index (χ1v) is 11.8. The molecule has 0 spiro atoms. The van der Waals surface area contributed by atoms with Crippen molar-refractivity contribution in [2.24, 2.45) is 4.99 Å². The fraction of sp³-hybridized carbons (Fsp3) is 0.259. The fourth-order valence-corrected chi connectivity index (χ4v) is 3.78. The van der Waals surface area contributed by atoms with Crippen molar-refractivity contribution in [3.05, 3.63) is 83.1 Å². The van der Waals surface area contributed by atoms with Crippen molar-refractivity contribution in [2.75, 3.05) is 18.5 Å². The van der Waals surface area contributed by atoms with Gasteiger partial charge in [0.2, 0.25) is 11.9 Å². The number of aromatic nitrogens is 3. The third-order valence-corrected chi connectivity index (χ3v) is 5.55. The fourth-order valence-electron chi connectivity index (χ4n) is 3.78. The number of H-pyrrole nitrogens is 1. The van der Waals surface area contributed by atoms with E-state index in [1.807, 2.05) is 50.4 Å². The number of hydrogen-bond acceptors (Lipinski definition) is 5. The van der Waals surface area contributed by atoms with E-state index >= 15 is 0 Å². The van der Waals surface area contributed by atoms with Crippen LogP contribution in [-0.2, 0) is 17.6 Å². The Kier molecular flexibility index (Phi) is 7.89. The Morgan fingerprint density at radius 2 is 1.83 bits per heavy atom. The summed E-state index contributed by atoms with van der Waals surface area (Å²) in [5.74, 6) is 0.480. The van der Waals surface area contributed by atoms with Gasteiger partial charge in [-0.2, -0.15) is 0 Å². The van der Waals surface area contributed by atoms with E-state index in [0.29, 0.717) is 24.7 Å². The third-order valence-electron chi connectivity index (χ3n) is 5.55. The summed E-state index contributed by atoms with van der Waals surface area (Å²) >= 11 is 0. The van der Waals surface area contributed by atoms with Gasteiger partial charge in [0.25, 0.3) is 5.91 Å². The summed E-state index contributed by atoms with van der Waals surface area (Å²) < 4.78 is 19.3. The number of aromatic amines is 1. The molecule has 8 nitrogen and oxygen atoms in total. The normalized spacial score (nSPS) is 11.5. The number of aryl methyl sites for hydroxylation is 3. The molecule has 2 aromatic carbocycles. The zero-order valence-corrected chi connectivity index (χ0v) is 20.6. The number of ether oxygens (including phenoxy) is 1. The van der Waals surface area contributed by atoms with Crippen molar-refractivity contribution in [1.82, 2.24) is 20.3 Å². The standard InChI is InChI=1S/C27H29FN6O2/c1-4-19-5-8-22(9-6-19)36-16-25(35)33-26(34-27-31-17(2)13-18(3)32-27)29-12-11-20-15-30-24-10-7-21(28)14-23(20)24/h5-10,13-15,30H,4,11-12,16H2,1-3H3,(H2,29,31,32,33,34,35). The van der Waals surface area contributed by atoms with E-state index in [2.05, 4.69) is 37.5 Å². The SMILES string of the molecule is CCc1ccc(OCC(=O)NC(=NCCc2c[nH]c3ccc(F)cc23)Nc2nc(C)cc(C)n2)cc1. The molecule has 0 saturated heterocycles. The number of amides is 1. The summed E-state index contributed by atoms with van der Waals surface area (Å²) in [6.45, 7) is 5.97. The zero-order valence-electron chi connectivity index (χ0n) is 20.6. The number of halogens is 1. The summed E-state index contributed by atoms with van der Waals surface area (Å²) in [7, 11) is 0. The topological polar surface area (TPSA) is 104 Å². The second-order valence-electron chi connectivity index (χ2n) is 8.42. The Labute approximate surface area is 209 Å². The second kappa shape index (κ2) is 11.4. The lowest BCUT2D eigenvalue weighted by Crippen LogP contribution is -2.39. The van der Waals surface area contributed by atoms with Gasteiger partial charge in [-0.3, -0.25) is 20.4 Å². The van der Waals surface area contributed by atoms with Crippen LogP contribution in [-0.4, -0.2) is 40.0 Å². The monoisotopic (exact) mass is 488 g/mol. The van der Waals surface area contributed by atoms with E-state index in [0.717, 1.165) is 34.3 Å². The molecule has 4 aromatic rings. The van der Waals surface area contributed by atoms with E-state index in [4.69, 9.17) is 4.74 Å². The van der Waals surface area contributed by atoms with Crippen LogP contribution in [0.5, 0.6) is 5.75 Å². The third kappa shape index (κ3) is 6.65. The van der Waals surface area contributed by atoms with Crippen molar-refractivity contribution in [2.45, 2.75) is 33.6 Å². The summed E-state index contributed by atoms with van der Waals surface area (Å²) in [5, 5.41) is 6.56. The second-order valence-corrected chi connectivity index (χ2v) is 8.42. The minimum atomic E-state index is -0.376. The molecule has 2 aromatic heterocycles. The van der Waals surface area contributed by atoms with Crippen molar-refractivity contribution in [3.63, 3.8) is 0 Å². The summed E-state index contributed by atoms with van der Waals surface area (Å²) in [5.41, 5.74) is 4.55. The van der Waals surface area contributed by atoms with Gasteiger partial charge in [-0.15, -0.1) is 0 Å². The average Bonchev–Trinajstić information content (AvgIpc) is 3.24. The molecule has 0 unspecified atom stereocenters. The molecule has 2 heterocycles. The molecule has 4 rings (SSSR count). The smallest absolute Gasteiger partial charge is 0.264 e. The maximum Gasteiger partial charge on any atom is 0.264 e. The number of guanidine groups is 1. The molecule has 0 radical (unpaired) electrons. The van der Waals surface area contributed by atoms with Crippen LogP contribution >= 0.6 is 0 Å². The van der Waals surface area contributed by atoms with Crippen LogP contribution in [0.3, 0.4) is 0 Å². The number of rotatable bonds is 8. The molecule has 186 valence electrons. The first kappa shape index (κ1) is 24.8. The average molecular weight is 489 g/mol. The van der Waals surface area contributed by atoms with Crippen molar-refractivity contribution in [1.29, 1.82) is 0 Å². The first-order chi connectivity index (χ1) is 17.4. The minimum absolute atomic E-state index is 0.179. The number of nitrogens with one attached hydrogen (secondary N) is 3. The number of fused-ring (bicyclic) bond motifs is 1. The summed E-state index contributed by atoms with van der Waals surface area (Å²) in [6, 6.07) is 14.1. The van der Waals surface area contributed by atoms with Gasteiger partial charge < -0.3 is 9.72 Å². The molecule has 0 fully saturated rings. The van der Waals surface area contributed by atoms with Gasteiger partial charge in [-0.05, 0) is 74.2 Å². The first-order valence-electron chi connectivity index (χ1n) is 11.8. The van der Waals surface area contributed by atoms with E-state index in [-0.39, 0.29) is 24.3 Å². The van der Waals surface area contributed by atoms with Gasteiger partial charge in [0.15, 0.2) is 6.61 Å². The highest BCUT2D eigenvalue weighted by atomic mass is 19.1. The Bertz CT molecular complexity index is 1360. The van der Waals surface area contributed by atoms with Crippen LogP contribution in [0.1, 0.15) is 29.4 Å². The lowest BCUT2D eigenvalue weighted by Gasteiger charge is -2.12. The number of carbonyl (C=O) groups is 1. The Morgan fingerprint density at radius 1 is 1.08 bits per heavy atom. The molecular formula is C27H29FN6O2. The van der Waals surface area contributed by atoms with E-state index in [1.165, 1.54) is 17.7 Å². The molecule has 9 heteroatoms. The summed E-state index contributed by atoms with van der Waals surface area (Å²) in [4.78, 5) is 29.0. The Balaban J connectivity index is 1.45. The Morgan fingerprint density at radius 3 is 2.56 bits per heavy atom. The van der Waals surface area contributed by atoms with Crippen LogP contribution < -0.4 is 15.4 Å². The van der Waals surface area contributed by atoms with Crippen molar-refractivity contribution >= 4 is 28.7 Å². The lowest BCUT2D eigenvalue weighted by molar-refractivity contribution is -0.121. The van der Waals surface area contributed by atoms with Crippen molar-refractivity contribution in [3.8, 4) is 5.75 Å². The molecule has 3 N–H and O–H groups in total. The molecule has 0 bridgehead atoms. The van der Waals surface area contributed by atoms with Gasteiger partial charge in [0.1, 0.15) is 11.6 Å². The molecule has 0 aliphatic rings. The maximum absolute atomic E-state index is 13.7. The van der Waals surface area contributed by atoms with Gasteiger partial charge in [0, 0.05) is 35.0 Å². The van der Waals surface area contributed by atoms with Crippen LogP contribution in [0, 0.1) is 19.7 Å². The molecule has 0 aliphatic heterocycles. The zero-order chi connectivity index (χ0) is 25.5. The molecule has 0 aliphatic carbocycles. The number of aliphatic imine (C=N–C) groups is 1. The summed E-state index contributed by atoms with van der Waals surface area (Å²) in [6.07, 6.45) is 3.31. The van der Waals surface area contributed by atoms with Crippen molar-refractivity contribution < 1.29 is 13.9 Å². The van der Waals surface area contributed by atoms with Crippen LogP contribution in [0.4, 0.5) is 10.3 Å². The molecule has 0 atom stereocenters. The van der Waals surface area contributed by atoms with Gasteiger partial charge in [0.05, 0.1) is 0 Å². The van der Waals surface area contributed by atoms with Gasteiger partial charge in [-0.25, -0.2) is 14.4 Å². The largest absolute Gasteiger partial charge is 0.484 e. The van der Waals surface area contributed by atoms with Crippen LogP contribution in [0.25, 0.3) is 10.9 Å². The van der Waals surface area contributed by atoms with Gasteiger partial charge in [-0.1, -0.05) is 19.1 Å². The quantitative estimate of drug-likeness (QED) is 0.251. The number of carbonyl (C=O) groups excluding carboxylic acids is 1. The maximum atomic E-state index is 13.7. The predicted molar refractivity (Wildman–Crippen MR) is 139 cm³/mol. The highest BCUT2D eigenvalue weighted by molar-refractivity contribution is 6.03. The molecular weight excluding hydrogens is 459 g/mol. The molecule has 1 amide bonds. The highest BCUT2D eigenvalue weighted by Crippen LogP contribution is 2.20. The number of hydrogen-bond donors (Lipinski definition) is 3. The molecule has 36 heavy (non-hydrogen) atoms. The van der Waals surface area contributed by atoms with E-state index in [9.17, 15) is 9.18 Å². The van der Waals surface area contributed by atoms with Crippen LogP contribution in [0.2, 0.25) is 0 Å².